The van der Waals surface area contributed by atoms with Gasteiger partial charge in [0.1, 0.15) is 5.82 Å². The van der Waals surface area contributed by atoms with E-state index in [-0.39, 0.29) is 5.56 Å². The quantitative estimate of drug-likeness (QED) is 0.884. The number of nitrogens with one attached hydrogen (secondary N) is 1. The van der Waals surface area contributed by atoms with E-state index in [0.717, 1.165) is 11.6 Å². The van der Waals surface area contributed by atoms with Crippen LogP contribution in [0.1, 0.15) is 15.9 Å². The van der Waals surface area contributed by atoms with Gasteiger partial charge in [-0.1, -0.05) is 17.7 Å². The van der Waals surface area contributed by atoms with Crippen molar-refractivity contribution in [2.75, 3.05) is 5.32 Å². The Morgan fingerprint density at radius 2 is 2.05 bits per heavy atom. The van der Waals surface area contributed by atoms with Crippen molar-refractivity contribution in [1.29, 1.82) is 0 Å². The molecule has 2 aromatic carbocycles. The molecule has 19 heavy (non-hydrogen) atoms. The molecule has 5 heteroatoms. The molecule has 0 aliphatic rings. The third-order valence-electron chi connectivity index (χ3n) is 2.69. The molecule has 0 radical (unpaired) electrons. The molecule has 0 unspecified atom stereocenters. The molecule has 0 heterocycles. The van der Waals surface area contributed by atoms with Gasteiger partial charge in [-0.2, -0.15) is 0 Å². The molecular weight excluding hydrogens is 269 g/mol. The first-order valence-corrected chi connectivity index (χ1v) is 5.91. The summed E-state index contributed by atoms with van der Waals surface area (Å²) >= 11 is 5.98. The first-order chi connectivity index (χ1) is 8.97. The van der Waals surface area contributed by atoms with Crippen LogP contribution in [0.3, 0.4) is 0 Å². The van der Waals surface area contributed by atoms with E-state index < -0.39 is 11.8 Å². The number of halogens is 2. The molecule has 0 saturated carbocycles. The average Bonchev–Trinajstić information content (AvgIpc) is 2.34. The van der Waals surface area contributed by atoms with E-state index in [1.54, 1.807) is 18.2 Å². The average molecular weight is 280 g/mol. The van der Waals surface area contributed by atoms with Crippen LogP contribution < -0.4 is 5.32 Å². The molecule has 2 aromatic rings. The molecule has 0 aromatic heterocycles. The van der Waals surface area contributed by atoms with Gasteiger partial charge in [-0.05, 0) is 42.8 Å². The van der Waals surface area contributed by atoms with Crippen LogP contribution in [0.25, 0.3) is 0 Å². The predicted octanol–water partition coefficient (Wildman–Crippen LogP) is 4.23. The number of carboxylic acids is 1. The molecule has 0 aliphatic heterocycles. The summed E-state index contributed by atoms with van der Waals surface area (Å²) in [5.41, 5.74) is 1.77. The maximum atomic E-state index is 13.3. The summed E-state index contributed by atoms with van der Waals surface area (Å²) < 4.78 is 13.3. The maximum absolute atomic E-state index is 13.3. The molecule has 0 fully saturated rings. The Morgan fingerprint density at radius 3 is 2.74 bits per heavy atom. The monoisotopic (exact) mass is 279 g/mol. The number of carboxylic acid groups (broad SMARTS) is 1. The molecule has 0 amide bonds. The second kappa shape index (κ2) is 5.28. The van der Waals surface area contributed by atoms with Crippen LogP contribution in [0.5, 0.6) is 0 Å². The van der Waals surface area contributed by atoms with Crippen molar-refractivity contribution < 1.29 is 14.3 Å². The zero-order valence-corrected chi connectivity index (χ0v) is 10.8. The molecule has 2 N–H and O–H groups in total. The fourth-order valence-electron chi connectivity index (χ4n) is 1.68. The van der Waals surface area contributed by atoms with Crippen LogP contribution in [0, 0.1) is 12.7 Å². The van der Waals surface area contributed by atoms with Crippen LogP contribution in [0.15, 0.2) is 36.4 Å². The van der Waals surface area contributed by atoms with E-state index in [4.69, 9.17) is 16.7 Å². The number of aromatic carboxylic acids is 1. The first-order valence-electron chi connectivity index (χ1n) is 5.53. The van der Waals surface area contributed by atoms with Gasteiger partial charge in [-0.15, -0.1) is 0 Å². The van der Waals surface area contributed by atoms with Gasteiger partial charge in [0.05, 0.1) is 5.56 Å². The van der Waals surface area contributed by atoms with Gasteiger partial charge in [-0.25, -0.2) is 9.18 Å². The third kappa shape index (κ3) is 3.03. The van der Waals surface area contributed by atoms with E-state index in [9.17, 15) is 9.18 Å². The number of rotatable bonds is 3. The summed E-state index contributed by atoms with van der Waals surface area (Å²) in [4.78, 5) is 10.9. The van der Waals surface area contributed by atoms with E-state index in [0.29, 0.717) is 16.4 Å². The van der Waals surface area contributed by atoms with E-state index >= 15 is 0 Å². The van der Waals surface area contributed by atoms with E-state index in [2.05, 4.69) is 5.32 Å². The Hall–Kier alpha value is -2.07. The molecule has 0 aliphatic carbocycles. The minimum atomic E-state index is -1.18. The van der Waals surface area contributed by atoms with Gasteiger partial charge < -0.3 is 10.4 Å². The third-order valence-corrected chi connectivity index (χ3v) is 3.10. The van der Waals surface area contributed by atoms with E-state index in [1.165, 1.54) is 12.1 Å². The molecule has 0 saturated heterocycles. The lowest BCUT2D eigenvalue weighted by Crippen LogP contribution is -2.00. The van der Waals surface area contributed by atoms with Gasteiger partial charge in [0.15, 0.2) is 0 Å². The summed E-state index contributed by atoms with van der Waals surface area (Å²) in [6.07, 6.45) is 0. The zero-order chi connectivity index (χ0) is 14.0. The molecular formula is C14H11ClFNO2. The second-order valence-electron chi connectivity index (χ2n) is 4.07. The Morgan fingerprint density at radius 1 is 1.32 bits per heavy atom. The molecule has 0 atom stereocenters. The Labute approximate surface area is 114 Å². The topological polar surface area (TPSA) is 49.3 Å². The number of benzene rings is 2. The number of hydrogen-bond donors (Lipinski definition) is 2. The molecule has 0 bridgehead atoms. The molecule has 2 rings (SSSR count). The standard InChI is InChI=1S/C14H11ClFNO2/c1-8-12(15)3-2-4-13(8)17-11-6-9(14(18)19)5-10(16)7-11/h2-7,17H,1H3,(H,18,19). The summed E-state index contributed by atoms with van der Waals surface area (Å²) in [7, 11) is 0. The summed E-state index contributed by atoms with van der Waals surface area (Å²) in [5.74, 6) is -1.78. The van der Waals surface area contributed by atoms with Gasteiger partial charge in [-0.3, -0.25) is 0 Å². The largest absolute Gasteiger partial charge is 0.478 e. The lowest BCUT2D eigenvalue weighted by atomic mass is 10.1. The van der Waals surface area contributed by atoms with Gasteiger partial charge in [0.25, 0.3) is 0 Å². The highest BCUT2D eigenvalue weighted by Gasteiger charge is 2.08. The van der Waals surface area contributed by atoms with Crippen molar-refractivity contribution in [2.45, 2.75) is 6.92 Å². The normalized spacial score (nSPS) is 10.3. The van der Waals surface area contributed by atoms with Gasteiger partial charge >= 0.3 is 5.97 Å². The second-order valence-corrected chi connectivity index (χ2v) is 4.48. The fraction of sp³-hybridized carbons (Fsp3) is 0.0714. The number of carbonyl (C=O) groups is 1. The molecule has 3 nitrogen and oxygen atoms in total. The van der Waals surface area contributed by atoms with Crippen molar-refractivity contribution in [3.8, 4) is 0 Å². The molecule has 98 valence electrons. The minimum absolute atomic E-state index is 0.109. The van der Waals surface area contributed by atoms with Gasteiger partial charge in [0, 0.05) is 16.4 Å². The van der Waals surface area contributed by atoms with Crippen LogP contribution in [0.2, 0.25) is 5.02 Å². The van der Waals surface area contributed by atoms with Crippen LogP contribution in [-0.4, -0.2) is 11.1 Å². The lowest BCUT2D eigenvalue weighted by molar-refractivity contribution is 0.0696. The fourth-order valence-corrected chi connectivity index (χ4v) is 1.86. The lowest BCUT2D eigenvalue weighted by Gasteiger charge is -2.11. The highest BCUT2D eigenvalue weighted by Crippen LogP contribution is 2.27. The predicted molar refractivity (Wildman–Crippen MR) is 72.8 cm³/mol. The molecule has 0 spiro atoms. The SMILES string of the molecule is Cc1c(Cl)cccc1Nc1cc(F)cc(C(=O)O)c1. The Bertz CT molecular complexity index is 643. The highest BCUT2D eigenvalue weighted by atomic mass is 35.5. The Balaban J connectivity index is 2.38. The zero-order valence-electron chi connectivity index (χ0n) is 10.1. The van der Waals surface area contributed by atoms with Gasteiger partial charge in [0.2, 0.25) is 0 Å². The summed E-state index contributed by atoms with van der Waals surface area (Å²) in [6, 6.07) is 8.86. The summed E-state index contributed by atoms with van der Waals surface area (Å²) in [6.45, 7) is 1.82. The van der Waals surface area contributed by atoms with Crippen molar-refractivity contribution in [1.82, 2.24) is 0 Å². The van der Waals surface area contributed by atoms with Crippen molar-refractivity contribution in [2.24, 2.45) is 0 Å². The smallest absolute Gasteiger partial charge is 0.335 e. The Kier molecular flexibility index (Phi) is 3.71. The van der Waals surface area contributed by atoms with Crippen LogP contribution in [0.4, 0.5) is 15.8 Å². The van der Waals surface area contributed by atoms with Crippen molar-refractivity contribution in [3.05, 3.63) is 58.4 Å². The van der Waals surface area contributed by atoms with Crippen LogP contribution in [-0.2, 0) is 0 Å². The highest BCUT2D eigenvalue weighted by molar-refractivity contribution is 6.31. The van der Waals surface area contributed by atoms with E-state index in [1.807, 2.05) is 6.92 Å². The number of anilines is 2. The first kappa shape index (κ1) is 13.4. The number of hydrogen-bond acceptors (Lipinski definition) is 2. The minimum Gasteiger partial charge on any atom is -0.478 e. The van der Waals surface area contributed by atoms with Crippen molar-refractivity contribution >= 4 is 28.9 Å². The summed E-state index contributed by atoms with van der Waals surface area (Å²) in [5, 5.41) is 12.4. The maximum Gasteiger partial charge on any atom is 0.335 e. The van der Waals surface area contributed by atoms with Crippen molar-refractivity contribution in [3.63, 3.8) is 0 Å². The van der Waals surface area contributed by atoms with Crippen LogP contribution >= 0.6 is 11.6 Å².